The van der Waals surface area contributed by atoms with Gasteiger partial charge in [0.2, 0.25) is 5.89 Å². The molecule has 8 nitrogen and oxygen atoms in total. The lowest BCUT2D eigenvalue weighted by atomic mass is 10.1. The van der Waals surface area contributed by atoms with Gasteiger partial charge >= 0.3 is 18.3 Å². The molecule has 5 rings (SSSR count). The molecular formula is C22H19F5N6O2. The van der Waals surface area contributed by atoms with Crippen LogP contribution in [0.1, 0.15) is 42.5 Å². The lowest BCUT2D eigenvalue weighted by molar-refractivity contribution is -0.137. The SMILES string of the molecule is O=c1n(Cc2ccc(-c3nnc(C(F)F)o3)cn2)c2cc(C(F)(F)F)ccc2n1C1CCNCC1. The summed E-state index contributed by atoms with van der Waals surface area (Å²) in [6.07, 6.45) is -4.80. The second-order valence-corrected chi connectivity index (χ2v) is 8.21. The second-order valence-electron chi connectivity index (χ2n) is 8.21. The van der Waals surface area contributed by atoms with Gasteiger partial charge in [0.15, 0.2) is 0 Å². The molecule has 0 bridgehead atoms. The minimum absolute atomic E-state index is 0.0823. The minimum atomic E-state index is -4.56. The number of halogens is 5. The smallest absolute Gasteiger partial charge is 0.415 e. The van der Waals surface area contributed by atoms with E-state index in [4.69, 9.17) is 4.42 Å². The third-order valence-electron chi connectivity index (χ3n) is 5.98. The number of benzene rings is 1. The highest BCUT2D eigenvalue weighted by molar-refractivity contribution is 5.77. The van der Waals surface area contributed by atoms with Gasteiger partial charge in [-0.05, 0) is 56.3 Å². The molecule has 1 fully saturated rings. The zero-order valence-electron chi connectivity index (χ0n) is 18.1. The van der Waals surface area contributed by atoms with Crippen LogP contribution in [0.2, 0.25) is 0 Å². The Morgan fingerprint density at radius 1 is 1.09 bits per heavy atom. The maximum atomic E-state index is 13.4. The van der Waals surface area contributed by atoms with Crippen LogP contribution in [-0.2, 0) is 12.7 Å². The number of alkyl halides is 5. The monoisotopic (exact) mass is 494 g/mol. The molecule has 0 radical (unpaired) electrons. The number of hydrogen-bond donors (Lipinski definition) is 1. The van der Waals surface area contributed by atoms with Gasteiger partial charge in [-0.3, -0.25) is 14.1 Å². The number of piperidine rings is 1. The highest BCUT2D eigenvalue weighted by Gasteiger charge is 2.32. The van der Waals surface area contributed by atoms with Crippen LogP contribution < -0.4 is 11.0 Å². The first-order valence-corrected chi connectivity index (χ1v) is 10.8. The predicted octanol–water partition coefficient (Wildman–Crippen LogP) is 4.18. The van der Waals surface area contributed by atoms with Crippen molar-refractivity contribution >= 4 is 11.0 Å². The molecule has 0 amide bonds. The van der Waals surface area contributed by atoms with E-state index >= 15 is 0 Å². The maximum Gasteiger partial charge on any atom is 0.416 e. The van der Waals surface area contributed by atoms with E-state index in [9.17, 15) is 26.7 Å². The van der Waals surface area contributed by atoms with Crippen molar-refractivity contribution in [3.8, 4) is 11.5 Å². The van der Waals surface area contributed by atoms with Crippen molar-refractivity contribution in [3.05, 3.63) is 64.2 Å². The molecule has 0 spiro atoms. The second kappa shape index (κ2) is 8.87. The van der Waals surface area contributed by atoms with E-state index in [1.807, 2.05) is 0 Å². The van der Waals surface area contributed by atoms with Gasteiger partial charge in [0.25, 0.3) is 5.89 Å². The van der Waals surface area contributed by atoms with Crippen LogP contribution >= 0.6 is 0 Å². The Morgan fingerprint density at radius 2 is 1.86 bits per heavy atom. The van der Waals surface area contributed by atoms with E-state index in [1.165, 1.54) is 29.0 Å². The maximum absolute atomic E-state index is 13.4. The normalized spacial score (nSPS) is 15.4. The summed E-state index contributed by atoms with van der Waals surface area (Å²) in [5.41, 5.74) is -0.0147. The number of hydrogen-bond acceptors (Lipinski definition) is 6. The van der Waals surface area contributed by atoms with Crippen LogP contribution in [0.25, 0.3) is 22.5 Å². The van der Waals surface area contributed by atoms with Gasteiger partial charge in [0.05, 0.1) is 34.4 Å². The summed E-state index contributed by atoms with van der Waals surface area (Å²) >= 11 is 0. The van der Waals surface area contributed by atoms with Crippen LogP contribution in [0.3, 0.4) is 0 Å². The topological polar surface area (TPSA) is 90.8 Å². The molecule has 1 aliphatic heterocycles. The Balaban J connectivity index is 1.53. The standard InChI is InChI=1S/C22H19F5N6O2/c23-18(24)20-31-30-19(35-20)12-1-3-14(29-10-12)11-32-17-9-13(22(25,26)27)2-4-16(17)33(21(32)34)15-5-7-28-8-6-15/h1-4,9-10,15,18,28H,5-8,11H2. The first-order chi connectivity index (χ1) is 16.7. The summed E-state index contributed by atoms with van der Waals surface area (Å²) in [6.45, 7) is 1.33. The Bertz CT molecular complexity index is 1400. The molecule has 1 N–H and O–H groups in total. The van der Waals surface area contributed by atoms with Crippen molar-refractivity contribution in [1.82, 2.24) is 29.6 Å². The molecule has 13 heteroatoms. The number of rotatable bonds is 5. The van der Waals surface area contributed by atoms with Crippen molar-refractivity contribution < 1.29 is 26.4 Å². The first-order valence-electron chi connectivity index (χ1n) is 10.8. The lowest BCUT2D eigenvalue weighted by Gasteiger charge is -2.23. The van der Waals surface area contributed by atoms with Crippen molar-refractivity contribution in [1.29, 1.82) is 0 Å². The van der Waals surface area contributed by atoms with Gasteiger partial charge in [-0.25, -0.2) is 4.79 Å². The van der Waals surface area contributed by atoms with Crippen LogP contribution in [0.4, 0.5) is 22.0 Å². The van der Waals surface area contributed by atoms with Gasteiger partial charge in [-0.2, -0.15) is 22.0 Å². The fraction of sp³-hybridized carbons (Fsp3) is 0.364. The molecule has 184 valence electrons. The molecule has 3 aromatic heterocycles. The van der Waals surface area contributed by atoms with Gasteiger partial charge in [0.1, 0.15) is 0 Å². The number of aromatic nitrogens is 5. The third kappa shape index (κ3) is 4.43. The predicted molar refractivity (Wildman–Crippen MR) is 114 cm³/mol. The molecule has 1 saturated heterocycles. The van der Waals surface area contributed by atoms with E-state index in [0.29, 0.717) is 37.1 Å². The molecule has 1 aromatic carbocycles. The van der Waals surface area contributed by atoms with Gasteiger partial charge < -0.3 is 9.73 Å². The molecule has 0 aliphatic carbocycles. The minimum Gasteiger partial charge on any atom is -0.415 e. The highest BCUT2D eigenvalue weighted by Crippen LogP contribution is 2.33. The Morgan fingerprint density at radius 3 is 2.49 bits per heavy atom. The van der Waals surface area contributed by atoms with Crippen LogP contribution in [-0.4, -0.2) is 37.4 Å². The quantitative estimate of drug-likeness (QED) is 0.419. The lowest BCUT2D eigenvalue weighted by Crippen LogP contribution is -2.35. The number of nitrogens with zero attached hydrogens (tertiary/aromatic N) is 5. The third-order valence-corrected chi connectivity index (χ3v) is 5.98. The van der Waals surface area contributed by atoms with E-state index in [0.717, 1.165) is 12.1 Å². The molecule has 0 saturated carbocycles. The van der Waals surface area contributed by atoms with Crippen LogP contribution in [0, 0.1) is 0 Å². The van der Waals surface area contributed by atoms with Gasteiger partial charge in [-0.15, -0.1) is 10.2 Å². The van der Waals surface area contributed by atoms with Crippen LogP contribution in [0.5, 0.6) is 0 Å². The van der Waals surface area contributed by atoms with Crippen molar-refractivity contribution in [3.63, 3.8) is 0 Å². The summed E-state index contributed by atoms with van der Waals surface area (Å²) in [6, 6.07) is 6.19. The molecule has 1 aliphatic rings. The zero-order valence-corrected chi connectivity index (χ0v) is 18.1. The fourth-order valence-electron chi connectivity index (χ4n) is 4.27. The van der Waals surface area contributed by atoms with Crippen molar-refractivity contribution in [2.24, 2.45) is 0 Å². The Hall–Kier alpha value is -3.61. The van der Waals surface area contributed by atoms with Crippen molar-refractivity contribution in [2.45, 2.75) is 38.0 Å². The first kappa shape index (κ1) is 23.1. The van der Waals surface area contributed by atoms with E-state index < -0.39 is 29.7 Å². The molecule has 0 unspecified atom stereocenters. The molecule has 35 heavy (non-hydrogen) atoms. The van der Waals surface area contributed by atoms with Gasteiger partial charge in [-0.1, -0.05) is 0 Å². The summed E-state index contributed by atoms with van der Waals surface area (Å²) in [7, 11) is 0. The zero-order chi connectivity index (χ0) is 24.7. The number of nitrogens with one attached hydrogen (secondary N) is 1. The Kier molecular flexibility index (Phi) is 5.87. The summed E-state index contributed by atoms with van der Waals surface area (Å²) in [4.78, 5) is 17.6. The number of pyridine rings is 1. The summed E-state index contributed by atoms with van der Waals surface area (Å²) < 4.78 is 73.3. The summed E-state index contributed by atoms with van der Waals surface area (Å²) in [5, 5.41) is 10.0. The van der Waals surface area contributed by atoms with E-state index in [2.05, 4.69) is 20.5 Å². The molecule has 4 aromatic rings. The molecule has 0 atom stereocenters. The number of fused-ring (bicyclic) bond motifs is 1. The molecule has 4 heterocycles. The fourth-order valence-corrected chi connectivity index (χ4v) is 4.27. The summed E-state index contributed by atoms with van der Waals surface area (Å²) in [5.74, 6) is -0.962. The largest absolute Gasteiger partial charge is 0.416 e. The number of imidazole rings is 1. The Labute approximate surface area is 194 Å². The van der Waals surface area contributed by atoms with Crippen molar-refractivity contribution in [2.75, 3.05) is 13.1 Å². The molecular weight excluding hydrogens is 475 g/mol. The van der Waals surface area contributed by atoms with E-state index in [-0.39, 0.29) is 29.6 Å². The van der Waals surface area contributed by atoms with Crippen LogP contribution in [0.15, 0.2) is 45.7 Å². The average molecular weight is 494 g/mol. The average Bonchev–Trinajstić information content (AvgIpc) is 3.43. The van der Waals surface area contributed by atoms with Gasteiger partial charge in [0, 0.05) is 12.2 Å². The highest BCUT2D eigenvalue weighted by atomic mass is 19.4. The van der Waals surface area contributed by atoms with E-state index in [1.54, 1.807) is 4.57 Å².